The summed E-state index contributed by atoms with van der Waals surface area (Å²) < 4.78 is 11.1. The molecule has 2 aliphatic rings. The van der Waals surface area contributed by atoms with Gasteiger partial charge in [-0.05, 0) is 31.7 Å². The summed E-state index contributed by atoms with van der Waals surface area (Å²) in [7, 11) is 0. The summed E-state index contributed by atoms with van der Waals surface area (Å²) in [4.78, 5) is 12.1. The third kappa shape index (κ3) is 1.93. The van der Waals surface area contributed by atoms with Crippen LogP contribution in [0, 0.1) is 6.92 Å². The number of esters is 1. The average Bonchev–Trinajstić information content (AvgIpc) is 3.24. The summed E-state index contributed by atoms with van der Waals surface area (Å²) in [6.45, 7) is 4.02. The van der Waals surface area contributed by atoms with Gasteiger partial charge in [-0.3, -0.25) is 0 Å². The van der Waals surface area contributed by atoms with E-state index in [0.29, 0.717) is 6.42 Å². The van der Waals surface area contributed by atoms with Gasteiger partial charge < -0.3 is 9.47 Å². The van der Waals surface area contributed by atoms with Gasteiger partial charge in [0.25, 0.3) is 0 Å². The first-order chi connectivity index (χ1) is 8.65. The second kappa shape index (κ2) is 4.09. The molecule has 2 fully saturated rings. The Balaban J connectivity index is 1.75. The van der Waals surface area contributed by atoms with Gasteiger partial charge >= 0.3 is 5.97 Å². The van der Waals surface area contributed by atoms with Gasteiger partial charge in [-0.1, -0.05) is 36.8 Å². The van der Waals surface area contributed by atoms with Crippen LogP contribution in [0.2, 0.25) is 0 Å². The third-order valence-electron chi connectivity index (χ3n) is 3.74. The quantitative estimate of drug-likeness (QED) is 0.605. The van der Waals surface area contributed by atoms with Crippen molar-refractivity contribution in [3.8, 4) is 0 Å². The molecule has 18 heavy (non-hydrogen) atoms. The number of benzene rings is 1. The van der Waals surface area contributed by atoms with Gasteiger partial charge in [-0.2, -0.15) is 0 Å². The Hall–Kier alpha value is -1.35. The van der Waals surface area contributed by atoms with E-state index in [4.69, 9.17) is 9.47 Å². The summed E-state index contributed by atoms with van der Waals surface area (Å²) in [5, 5.41) is 0. The minimum absolute atomic E-state index is 0.130. The Morgan fingerprint density at radius 3 is 2.61 bits per heavy atom. The lowest BCUT2D eigenvalue weighted by molar-refractivity contribution is -0.151. The zero-order chi connectivity index (χ0) is 12.8. The zero-order valence-corrected chi connectivity index (χ0v) is 10.8. The van der Waals surface area contributed by atoms with Crippen molar-refractivity contribution in [2.75, 3.05) is 0 Å². The minimum Gasteiger partial charge on any atom is -0.460 e. The Morgan fingerprint density at radius 2 is 2.06 bits per heavy atom. The number of rotatable bonds is 4. The number of hydrogen-bond acceptors (Lipinski definition) is 3. The number of hydrogen-bond donors (Lipinski definition) is 0. The summed E-state index contributed by atoms with van der Waals surface area (Å²) in [6, 6.07) is 8.15. The van der Waals surface area contributed by atoms with Crippen molar-refractivity contribution in [2.24, 2.45) is 0 Å². The van der Waals surface area contributed by atoms with Crippen molar-refractivity contribution < 1.29 is 14.3 Å². The molecule has 0 amide bonds. The molecule has 3 heteroatoms. The van der Waals surface area contributed by atoms with E-state index in [-0.39, 0.29) is 18.2 Å². The van der Waals surface area contributed by atoms with Crippen LogP contribution in [0.1, 0.15) is 43.4 Å². The van der Waals surface area contributed by atoms with Gasteiger partial charge in [0.1, 0.15) is 12.2 Å². The molecule has 1 heterocycles. The van der Waals surface area contributed by atoms with Crippen LogP contribution in [-0.2, 0) is 14.3 Å². The van der Waals surface area contributed by atoms with E-state index in [0.717, 1.165) is 18.4 Å². The van der Waals surface area contributed by atoms with Crippen LogP contribution >= 0.6 is 0 Å². The van der Waals surface area contributed by atoms with Crippen LogP contribution in [0.25, 0.3) is 0 Å². The molecular formula is C15H18O3. The van der Waals surface area contributed by atoms with Crippen molar-refractivity contribution in [2.45, 2.75) is 50.9 Å². The third-order valence-corrected chi connectivity index (χ3v) is 3.74. The van der Waals surface area contributed by atoms with Crippen LogP contribution in [0.4, 0.5) is 0 Å². The largest absolute Gasteiger partial charge is 0.460 e. The molecule has 3 nitrogen and oxygen atoms in total. The molecule has 1 saturated heterocycles. The molecule has 0 N–H and O–H groups in total. The van der Waals surface area contributed by atoms with Crippen molar-refractivity contribution in [3.05, 3.63) is 35.4 Å². The lowest BCUT2D eigenvalue weighted by Crippen LogP contribution is -2.27. The van der Waals surface area contributed by atoms with Gasteiger partial charge in [0.2, 0.25) is 0 Å². The maximum atomic E-state index is 12.1. The van der Waals surface area contributed by atoms with Crippen molar-refractivity contribution >= 4 is 5.97 Å². The van der Waals surface area contributed by atoms with E-state index in [1.54, 1.807) is 0 Å². The number of ether oxygens (including phenoxy) is 2. The Morgan fingerprint density at radius 1 is 1.39 bits per heavy atom. The summed E-state index contributed by atoms with van der Waals surface area (Å²) in [6.07, 6.45) is 2.68. The van der Waals surface area contributed by atoms with E-state index < -0.39 is 5.60 Å². The highest BCUT2D eigenvalue weighted by atomic mass is 16.7. The maximum absolute atomic E-state index is 12.1. The number of carbonyl (C=O) groups excluding carboxylic acids is 1. The fourth-order valence-corrected chi connectivity index (χ4v) is 2.26. The van der Waals surface area contributed by atoms with Crippen molar-refractivity contribution in [3.63, 3.8) is 0 Å². The van der Waals surface area contributed by atoms with Gasteiger partial charge in [0.05, 0.1) is 0 Å². The molecule has 1 saturated carbocycles. The SMILES string of the molecule is CCC1(C(=O)OC2CC2)OC1c1ccc(C)cc1. The van der Waals surface area contributed by atoms with E-state index in [1.165, 1.54) is 5.56 Å². The monoisotopic (exact) mass is 246 g/mol. The van der Waals surface area contributed by atoms with E-state index in [9.17, 15) is 4.79 Å². The molecule has 0 aromatic heterocycles. The zero-order valence-electron chi connectivity index (χ0n) is 10.8. The molecule has 96 valence electrons. The molecule has 0 spiro atoms. The fraction of sp³-hybridized carbons (Fsp3) is 0.533. The lowest BCUT2D eigenvalue weighted by atomic mass is 9.96. The van der Waals surface area contributed by atoms with Gasteiger partial charge in [0.15, 0.2) is 5.60 Å². The fourth-order valence-electron chi connectivity index (χ4n) is 2.26. The number of carbonyl (C=O) groups is 1. The molecule has 1 aliphatic heterocycles. The summed E-state index contributed by atoms with van der Waals surface area (Å²) in [5.74, 6) is -0.182. The number of epoxide rings is 1. The van der Waals surface area contributed by atoms with Crippen LogP contribution in [0.5, 0.6) is 0 Å². The second-order valence-corrected chi connectivity index (χ2v) is 5.26. The van der Waals surface area contributed by atoms with Crippen molar-refractivity contribution in [1.29, 1.82) is 0 Å². The first kappa shape index (κ1) is 11.7. The average molecular weight is 246 g/mol. The second-order valence-electron chi connectivity index (χ2n) is 5.26. The molecular weight excluding hydrogens is 228 g/mol. The van der Waals surface area contributed by atoms with Crippen LogP contribution < -0.4 is 0 Å². The van der Waals surface area contributed by atoms with E-state index in [2.05, 4.69) is 0 Å². The maximum Gasteiger partial charge on any atom is 0.341 e. The van der Waals surface area contributed by atoms with Crippen molar-refractivity contribution in [1.82, 2.24) is 0 Å². The Labute approximate surface area is 107 Å². The van der Waals surface area contributed by atoms with E-state index >= 15 is 0 Å². The molecule has 3 rings (SSSR count). The minimum atomic E-state index is -0.724. The molecule has 1 aromatic rings. The molecule has 0 radical (unpaired) electrons. The van der Waals surface area contributed by atoms with Crippen LogP contribution in [0.15, 0.2) is 24.3 Å². The van der Waals surface area contributed by atoms with E-state index in [1.807, 2.05) is 38.1 Å². The molecule has 1 aliphatic carbocycles. The highest BCUT2D eigenvalue weighted by Crippen LogP contribution is 2.53. The number of aryl methyl sites for hydroxylation is 1. The first-order valence-electron chi connectivity index (χ1n) is 6.61. The Kier molecular flexibility index (Phi) is 2.67. The predicted octanol–water partition coefficient (Wildman–Crippen LogP) is 2.92. The highest BCUT2D eigenvalue weighted by molar-refractivity contribution is 5.84. The lowest BCUT2D eigenvalue weighted by Gasteiger charge is -2.10. The molecule has 0 bridgehead atoms. The highest BCUT2D eigenvalue weighted by Gasteiger charge is 2.63. The van der Waals surface area contributed by atoms with Crippen LogP contribution in [-0.4, -0.2) is 17.7 Å². The van der Waals surface area contributed by atoms with Gasteiger partial charge in [-0.15, -0.1) is 0 Å². The molecule has 1 aromatic carbocycles. The summed E-state index contributed by atoms with van der Waals surface area (Å²) in [5.41, 5.74) is 1.55. The normalized spacial score (nSPS) is 30.0. The Bertz CT molecular complexity index is 461. The predicted molar refractivity (Wildman–Crippen MR) is 67.1 cm³/mol. The topological polar surface area (TPSA) is 38.8 Å². The summed E-state index contributed by atoms with van der Waals surface area (Å²) >= 11 is 0. The molecule has 2 unspecified atom stereocenters. The standard InChI is InChI=1S/C15H18O3/c1-3-15(14(16)17-12-8-9-12)13(18-15)11-6-4-10(2)5-7-11/h4-7,12-13H,3,8-9H2,1-2H3. The first-order valence-corrected chi connectivity index (χ1v) is 6.61. The van der Waals surface area contributed by atoms with Gasteiger partial charge in [0, 0.05) is 0 Å². The van der Waals surface area contributed by atoms with Crippen LogP contribution in [0.3, 0.4) is 0 Å². The van der Waals surface area contributed by atoms with Gasteiger partial charge in [-0.25, -0.2) is 4.79 Å². The smallest absolute Gasteiger partial charge is 0.341 e. The molecule has 2 atom stereocenters.